The Hall–Kier alpha value is -3.81. The van der Waals surface area contributed by atoms with Crippen molar-refractivity contribution < 1.29 is 45.4 Å². The highest BCUT2D eigenvalue weighted by Crippen LogP contribution is 2.47. The highest BCUT2D eigenvalue weighted by Gasteiger charge is 2.56. The lowest BCUT2D eigenvalue weighted by Gasteiger charge is -2.47. The summed E-state index contributed by atoms with van der Waals surface area (Å²) in [7, 11) is -4.53. The number of aliphatic carboxylic acids is 1. The van der Waals surface area contributed by atoms with E-state index in [0.717, 1.165) is 12.1 Å². The third-order valence-electron chi connectivity index (χ3n) is 7.36. The summed E-state index contributed by atoms with van der Waals surface area (Å²) in [6, 6.07) is 11.3. The quantitative estimate of drug-likeness (QED) is 0.199. The monoisotopic (exact) mass is 686 g/mol. The molecule has 0 bridgehead atoms. The number of sulfonamides is 1. The van der Waals surface area contributed by atoms with Crippen molar-refractivity contribution in [3.8, 4) is 0 Å². The van der Waals surface area contributed by atoms with Crippen LogP contribution in [0.3, 0.4) is 0 Å². The number of carbonyl (C=O) groups is 2. The van der Waals surface area contributed by atoms with Gasteiger partial charge in [0.25, 0.3) is 5.91 Å². The second-order valence-electron chi connectivity index (χ2n) is 10.4. The Morgan fingerprint density at radius 2 is 1.69 bits per heavy atom. The van der Waals surface area contributed by atoms with Gasteiger partial charge in [-0.2, -0.15) is 13.2 Å². The van der Waals surface area contributed by atoms with Gasteiger partial charge in [0.15, 0.2) is 5.76 Å². The molecule has 1 heterocycles. The van der Waals surface area contributed by atoms with Crippen LogP contribution in [0.25, 0.3) is 0 Å². The summed E-state index contributed by atoms with van der Waals surface area (Å²) in [4.78, 5) is 25.9. The van der Waals surface area contributed by atoms with Crippen LogP contribution < -0.4 is 4.31 Å². The number of morpholine rings is 1. The van der Waals surface area contributed by atoms with Crippen LogP contribution in [0.1, 0.15) is 36.1 Å². The van der Waals surface area contributed by atoms with Crippen molar-refractivity contribution in [1.29, 1.82) is 0 Å². The third-order valence-corrected chi connectivity index (χ3v) is 10.1. The number of halogens is 6. The van der Waals surface area contributed by atoms with Crippen molar-refractivity contribution in [3.05, 3.63) is 112 Å². The lowest BCUT2D eigenvalue weighted by Crippen LogP contribution is -2.59. The maximum absolute atomic E-state index is 15.3. The van der Waals surface area contributed by atoms with Gasteiger partial charge >= 0.3 is 12.1 Å². The van der Waals surface area contributed by atoms with E-state index in [4.69, 9.17) is 27.9 Å². The third kappa shape index (κ3) is 6.90. The molecule has 1 amide bonds. The Bertz CT molecular complexity index is 1750. The molecule has 0 unspecified atom stereocenters. The van der Waals surface area contributed by atoms with Crippen molar-refractivity contribution in [2.75, 3.05) is 10.8 Å². The van der Waals surface area contributed by atoms with Crippen molar-refractivity contribution in [3.63, 3.8) is 0 Å². The fourth-order valence-corrected chi connectivity index (χ4v) is 7.36. The van der Waals surface area contributed by atoms with Gasteiger partial charge in [-0.25, -0.2) is 17.6 Å². The molecule has 0 radical (unpaired) electrons. The Labute approximate surface area is 265 Å². The predicted molar refractivity (Wildman–Crippen MR) is 158 cm³/mol. The van der Waals surface area contributed by atoms with E-state index in [1.165, 1.54) is 60.7 Å². The van der Waals surface area contributed by atoms with Gasteiger partial charge in [0, 0.05) is 10.0 Å². The number of para-hydroxylation sites is 1. The first-order chi connectivity index (χ1) is 21.2. The number of alkyl halides is 3. The molecule has 2 fully saturated rings. The molecule has 1 saturated heterocycles. The van der Waals surface area contributed by atoms with Crippen molar-refractivity contribution in [1.82, 2.24) is 4.90 Å². The maximum atomic E-state index is 15.3. The van der Waals surface area contributed by atoms with E-state index >= 15 is 17.6 Å². The van der Waals surface area contributed by atoms with Gasteiger partial charge in [-0.05, 0) is 60.4 Å². The smallest absolute Gasteiger partial charge is 0.410 e. The Kier molecular flexibility index (Phi) is 9.07. The first-order valence-electron chi connectivity index (χ1n) is 13.5. The topological polar surface area (TPSA) is 104 Å². The minimum absolute atomic E-state index is 0.101. The summed E-state index contributed by atoms with van der Waals surface area (Å²) in [5, 5.41) is 8.83. The lowest BCUT2D eigenvalue weighted by atomic mass is 9.90. The SMILES string of the molecule is O=C(O)/C=C1\O[C@H](c2cccc(Cl)c2)[C@@H](c2ccc(Cl)cc2)N([C@H](CN(c2ccccc2F)S(=O)(=O)C2CC2)C(F)(F)F)C1=O. The van der Waals surface area contributed by atoms with Crippen LogP contribution in [0.5, 0.6) is 0 Å². The van der Waals surface area contributed by atoms with Crippen LogP contribution in [0.4, 0.5) is 23.2 Å². The average Bonchev–Trinajstić information content (AvgIpc) is 3.82. The normalized spacial score (nSPS) is 20.5. The molecular formula is C30H24Cl2F4N2O6S. The van der Waals surface area contributed by atoms with E-state index in [9.17, 15) is 23.1 Å². The van der Waals surface area contributed by atoms with Crippen LogP contribution in [0.2, 0.25) is 10.0 Å². The number of benzene rings is 3. The van der Waals surface area contributed by atoms with Gasteiger partial charge in [-0.15, -0.1) is 0 Å². The van der Waals surface area contributed by atoms with Crippen LogP contribution in [-0.4, -0.2) is 54.3 Å². The maximum Gasteiger partial charge on any atom is 0.410 e. The molecule has 238 valence electrons. The zero-order valence-corrected chi connectivity index (χ0v) is 25.3. The summed E-state index contributed by atoms with van der Waals surface area (Å²) < 4.78 is 94.1. The summed E-state index contributed by atoms with van der Waals surface area (Å²) in [5.41, 5.74) is -0.340. The van der Waals surface area contributed by atoms with E-state index in [1.807, 2.05) is 0 Å². The summed E-state index contributed by atoms with van der Waals surface area (Å²) in [5.74, 6) is -5.18. The van der Waals surface area contributed by atoms with E-state index < -0.39 is 75.3 Å². The summed E-state index contributed by atoms with van der Waals surface area (Å²) in [6.45, 7) is -1.43. The highest BCUT2D eigenvalue weighted by atomic mass is 35.5. The minimum atomic E-state index is -5.31. The number of rotatable bonds is 9. The van der Waals surface area contributed by atoms with Crippen molar-refractivity contribution >= 4 is 50.8 Å². The van der Waals surface area contributed by atoms with Gasteiger partial charge in [-0.1, -0.05) is 59.6 Å². The molecule has 0 spiro atoms. The van der Waals surface area contributed by atoms with Crippen molar-refractivity contribution in [2.24, 2.45) is 0 Å². The molecule has 1 aliphatic carbocycles. The number of carbonyl (C=O) groups excluding carboxylic acids is 1. The molecule has 0 aromatic heterocycles. The number of nitrogens with zero attached hydrogens (tertiary/aromatic N) is 2. The molecule has 3 aromatic rings. The lowest BCUT2D eigenvalue weighted by molar-refractivity contribution is -0.205. The van der Waals surface area contributed by atoms with Gasteiger partial charge in [0.2, 0.25) is 10.0 Å². The van der Waals surface area contributed by atoms with Crippen molar-refractivity contribution in [2.45, 2.75) is 42.5 Å². The van der Waals surface area contributed by atoms with Gasteiger partial charge < -0.3 is 14.7 Å². The van der Waals surface area contributed by atoms with E-state index in [-0.39, 0.29) is 34.0 Å². The number of amides is 1. The summed E-state index contributed by atoms with van der Waals surface area (Å²) in [6.07, 6.45) is -6.12. The molecule has 1 aliphatic heterocycles. The Morgan fingerprint density at radius 1 is 1.02 bits per heavy atom. The standard InChI is InChI=1S/C30H24Cl2F4N2O6S/c31-19-10-8-17(9-11-19)27-28(18-4-3-5-20(32)14-18)44-24(15-26(39)40)29(41)38(27)25(30(34,35)36)16-37(45(42,43)21-12-13-21)23-7-2-1-6-22(23)33/h1-11,14-15,21,25,27-28H,12-13,16H2,(H,39,40)/b24-15-/t25-,27-,28-/m1/s1. The van der Waals surface area contributed by atoms with Crippen LogP contribution in [0, 0.1) is 5.82 Å². The molecular weight excluding hydrogens is 663 g/mol. The second-order valence-corrected chi connectivity index (χ2v) is 13.4. The van der Waals surface area contributed by atoms with Crippen LogP contribution >= 0.6 is 23.2 Å². The summed E-state index contributed by atoms with van der Waals surface area (Å²) >= 11 is 12.2. The molecule has 3 atom stereocenters. The van der Waals surface area contributed by atoms with Crippen LogP contribution in [0.15, 0.2) is 84.6 Å². The van der Waals surface area contributed by atoms with E-state index in [1.54, 1.807) is 0 Å². The zero-order valence-electron chi connectivity index (χ0n) is 23.0. The number of hydrogen-bond donors (Lipinski definition) is 1. The highest BCUT2D eigenvalue weighted by molar-refractivity contribution is 7.93. The molecule has 5 rings (SSSR count). The molecule has 2 aliphatic rings. The average molecular weight is 687 g/mol. The largest absolute Gasteiger partial charge is 0.478 e. The fraction of sp³-hybridized carbons (Fsp3) is 0.267. The molecule has 1 saturated carbocycles. The van der Waals surface area contributed by atoms with Gasteiger partial charge in [-0.3, -0.25) is 9.10 Å². The number of carboxylic acids is 1. The second kappa shape index (κ2) is 12.5. The fourth-order valence-electron chi connectivity index (χ4n) is 5.17. The molecule has 45 heavy (non-hydrogen) atoms. The Balaban J connectivity index is 1.74. The number of anilines is 1. The molecule has 15 heteroatoms. The minimum Gasteiger partial charge on any atom is -0.478 e. The predicted octanol–water partition coefficient (Wildman–Crippen LogP) is 6.67. The van der Waals surface area contributed by atoms with Crippen LogP contribution in [-0.2, 0) is 24.3 Å². The van der Waals surface area contributed by atoms with Gasteiger partial charge in [0.05, 0.1) is 29.6 Å². The van der Waals surface area contributed by atoms with E-state index in [2.05, 4.69) is 0 Å². The first kappa shape index (κ1) is 32.6. The van der Waals surface area contributed by atoms with E-state index in [0.29, 0.717) is 15.3 Å². The van der Waals surface area contributed by atoms with Gasteiger partial charge in [0.1, 0.15) is 18.0 Å². The zero-order chi connectivity index (χ0) is 32.7. The Morgan fingerprint density at radius 3 is 2.27 bits per heavy atom. The number of ether oxygens (including phenoxy) is 1. The molecule has 3 aromatic carbocycles. The first-order valence-corrected chi connectivity index (χ1v) is 15.7. The number of hydrogen-bond acceptors (Lipinski definition) is 5. The number of carboxylic acid groups (broad SMARTS) is 1. The molecule has 8 nitrogen and oxygen atoms in total. The molecule has 1 N–H and O–H groups in total.